The predicted octanol–water partition coefficient (Wildman–Crippen LogP) is 1.91. The molecule has 2 aromatic heterocycles. The lowest BCUT2D eigenvalue weighted by Gasteiger charge is -2.04. The summed E-state index contributed by atoms with van der Waals surface area (Å²) < 4.78 is 12.5. The number of hydrogen-bond acceptors (Lipinski definition) is 5. The number of nitrogens with one attached hydrogen (secondary N) is 1. The third-order valence-electron chi connectivity index (χ3n) is 3.35. The smallest absolute Gasteiger partial charge is 0.175 e. The van der Waals surface area contributed by atoms with Crippen LogP contribution in [0.4, 0.5) is 0 Å². The van der Waals surface area contributed by atoms with Gasteiger partial charge in [-0.2, -0.15) is 5.10 Å². The fourth-order valence-corrected chi connectivity index (χ4v) is 2.32. The van der Waals surface area contributed by atoms with E-state index in [2.05, 4.69) is 29.4 Å². The first-order chi connectivity index (χ1) is 9.69. The third-order valence-corrected chi connectivity index (χ3v) is 3.35. The standard InChI is InChI=1S/C14H22N4O2/c1-5-18-11(3)13(10(2)17-18)14-12(9-16-20-14)8-15-6-7-19-4/h9,15H,5-8H2,1-4H3. The molecule has 110 valence electrons. The lowest BCUT2D eigenvalue weighted by Crippen LogP contribution is -2.18. The molecule has 2 heterocycles. The Morgan fingerprint density at radius 1 is 1.40 bits per heavy atom. The highest BCUT2D eigenvalue weighted by Crippen LogP contribution is 2.29. The van der Waals surface area contributed by atoms with Crippen molar-refractivity contribution in [2.75, 3.05) is 20.3 Å². The van der Waals surface area contributed by atoms with Crippen molar-refractivity contribution in [1.29, 1.82) is 0 Å². The van der Waals surface area contributed by atoms with E-state index >= 15 is 0 Å². The molecular weight excluding hydrogens is 256 g/mol. The Bertz CT molecular complexity index is 560. The van der Waals surface area contributed by atoms with Crippen LogP contribution in [0.3, 0.4) is 0 Å². The Balaban J connectivity index is 2.21. The summed E-state index contributed by atoms with van der Waals surface area (Å²) in [6, 6.07) is 0. The van der Waals surface area contributed by atoms with Crippen LogP contribution in [0.1, 0.15) is 23.9 Å². The zero-order chi connectivity index (χ0) is 14.5. The number of nitrogens with zero attached hydrogens (tertiary/aromatic N) is 3. The summed E-state index contributed by atoms with van der Waals surface area (Å²) in [7, 11) is 1.69. The van der Waals surface area contributed by atoms with Gasteiger partial charge in [0.15, 0.2) is 5.76 Å². The van der Waals surface area contributed by atoms with Crippen LogP contribution < -0.4 is 5.32 Å². The van der Waals surface area contributed by atoms with Crippen LogP contribution in [0.2, 0.25) is 0 Å². The number of hydrogen-bond donors (Lipinski definition) is 1. The summed E-state index contributed by atoms with van der Waals surface area (Å²) in [5, 5.41) is 11.8. The molecule has 0 unspecified atom stereocenters. The summed E-state index contributed by atoms with van der Waals surface area (Å²) in [6.07, 6.45) is 1.76. The van der Waals surface area contributed by atoms with Crippen molar-refractivity contribution in [3.63, 3.8) is 0 Å². The molecule has 6 heteroatoms. The Kier molecular flexibility index (Phi) is 4.92. The number of rotatable bonds is 7. The van der Waals surface area contributed by atoms with E-state index in [1.54, 1.807) is 13.3 Å². The van der Waals surface area contributed by atoms with Crippen LogP contribution in [0, 0.1) is 13.8 Å². The van der Waals surface area contributed by atoms with E-state index in [1.165, 1.54) is 0 Å². The molecule has 0 amide bonds. The molecule has 0 aromatic carbocycles. The first kappa shape index (κ1) is 14.7. The Labute approximate surface area is 119 Å². The van der Waals surface area contributed by atoms with Crippen LogP contribution in [0.5, 0.6) is 0 Å². The second-order valence-corrected chi connectivity index (χ2v) is 4.71. The zero-order valence-electron chi connectivity index (χ0n) is 12.6. The van der Waals surface area contributed by atoms with Crippen molar-refractivity contribution in [1.82, 2.24) is 20.3 Å². The molecule has 0 saturated carbocycles. The van der Waals surface area contributed by atoms with Crippen molar-refractivity contribution < 1.29 is 9.26 Å². The van der Waals surface area contributed by atoms with E-state index in [0.717, 1.165) is 41.4 Å². The highest BCUT2D eigenvalue weighted by molar-refractivity contribution is 5.66. The highest BCUT2D eigenvalue weighted by atomic mass is 16.5. The largest absolute Gasteiger partial charge is 0.383 e. The summed E-state index contributed by atoms with van der Waals surface area (Å²) in [6.45, 7) is 9.18. The molecule has 0 aliphatic rings. The molecule has 0 saturated heterocycles. The average molecular weight is 278 g/mol. The van der Waals surface area contributed by atoms with Crippen LogP contribution in [-0.2, 0) is 17.8 Å². The monoisotopic (exact) mass is 278 g/mol. The number of methoxy groups -OCH3 is 1. The van der Waals surface area contributed by atoms with Gasteiger partial charge in [0.2, 0.25) is 0 Å². The van der Waals surface area contributed by atoms with Gasteiger partial charge in [0.05, 0.1) is 24.1 Å². The minimum atomic E-state index is 0.687. The minimum absolute atomic E-state index is 0.687. The molecule has 0 spiro atoms. The van der Waals surface area contributed by atoms with Crippen molar-refractivity contribution in [2.45, 2.75) is 33.9 Å². The SMILES string of the molecule is CCn1nc(C)c(-c2oncc2CNCCOC)c1C. The maximum Gasteiger partial charge on any atom is 0.175 e. The maximum absolute atomic E-state index is 5.45. The van der Waals surface area contributed by atoms with Crippen molar-refractivity contribution in [3.8, 4) is 11.3 Å². The predicted molar refractivity (Wildman–Crippen MR) is 76.5 cm³/mol. The normalized spacial score (nSPS) is 11.2. The second-order valence-electron chi connectivity index (χ2n) is 4.71. The van der Waals surface area contributed by atoms with Gasteiger partial charge in [0.25, 0.3) is 0 Å². The lowest BCUT2D eigenvalue weighted by atomic mass is 10.1. The van der Waals surface area contributed by atoms with Gasteiger partial charge in [0.1, 0.15) is 0 Å². The molecule has 0 bridgehead atoms. The number of ether oxygens (including phenoxy) is 1. The van der Waals surface area contributed by atoms with E-state index in [-0.39, 0.29) is 0 Å². The van der Waals surface area contributed by atoms with Crippen LogP contribution >= 0.6 is 0 Å². The maximum atomic E-state index is 5.45. The molecule has 0 radical (unpaired) electrons. The van der Waals surface area contributed by atoms with Crippen LogP contribution in [0.15, 0.2) is 10.7 Å². The summed E-state index contributed by atoms with van der Waals surface area (Å²) in [4.78, 5) is 0. The summed E-state index contributed by atoms with van der Waals surface area (Å²) in [5.41, 5.74) is 4.18. The molecule has 1 N–H and O–H groups in total. The van der Waals surface area contributed by atoms with Gasteiger partial charge in [-0.25, -0.2) is 0 Å². The molecule has 2 rings (SSSR count). The zero-order valence-corrected chi connectivity index (χ0v) is 12.6. The van der Waals surface area contributed by atoms with Gasteiger partial charge in [0, 0.05) is 38.0 Å². The van der Waals surface area contributed by atoms with Crippen molar-refractivity contribution in [2.24, 2.45) is 0 Å². The average Bonchev–Trinajstić information content (AvgIpc) is 2.99. The van der Waals surface area contributed by atoms with Gasteiger partial charge in [-0.15, -0.1) is 0 Å². The topological polar surface area (TPSA) is 65.1 Å². The van der Waals surface area contributed by atoms with Crippen LogP contribution in [-0.4, -0.2) is 35.2 Å². The van der Waals surface area contributed by atoms with E-state index in [0.29, 0.717) is 13.2 Å². The van der Waals surface area contributed by atoms with E-state index in [4.69, 9.17) is 9.26 Å². The van der Waals surface area contributed by atoms with E-state index in [9.17, 15) is 0 Å². The van der Waals surface area contributed by atoms with Gasteiger partial charge >= 0.3 is 0 Å². The molecule has 2 aromatic rings. The number of aromatic nitrogens is 3. The van der Waals surface area contributed by atoms with Crippen LogP contribution in [0.25, 0.3) is 11.3 Å². The summed E-state index contributed by atoms with van der Waals surface area (Å²) in [5.74, 6) is 0.810. The molecule has 0 aliphatic carbocycles. The lowest BCUT2D eigenvalue weighted by molar-refractivity contribution is 0.199. The fourth-order valence-electron chi connectivity index (χ4n) is 2.32. The van der Waals surface area contributed by atoms with Crippen molar-refractivity contribution in [3.05, 3.63) is 23.1 Å². The number of aryl methyl sites for hydroxylation is 2. The Morgan fingerprint density at radius 3 is 2.85 bits per heavy atom. The molecule has 0 aliphatic heterocycles. The molecule has 20 heavy (non-hydrogen) atoms. The van der Waals surface area contributed by atoms with Gasteiger partial charge in [-0.3, -0.25) is 4.68 Å². The second kappa shape index (κ2) is 6.67. The molecule has 0 atom stereocenters. The highest BCUT2D eigenvalue weighted by Gasteiger charge is 2.19. The van der Waals surface area contributed by atoms with Gasteiger partial charge < -0.3 is 14.6 Å². The van der Waals surface area contributed by atoms with E-state index in [1.807, 2.05) is 11.6 Å². The van der Waals surface area contributed by atoms with Gasteiger partial charge in [-0.05, 0) is 20.8 Å². The Hall–Kier alpha value is -1.66. The first-order valence-corrected chi connectivity index (χ1v) is 6.86. The van der Waals surface area contributed by atoms with E-state index < -0.39 is 0 Å². The first-order valence-electron chi connectivity index (χ1n) is 6.86. The van der Waals surface area contributed by atoms with Crippen molar-refractivity contribution >= 4 is 0 Å². The molecule has 0 fully saturated rings. The quantitative estimate of drug-likeness (QED) is 0.784. The molecule has 6 nitrogen and oxygen atoms in total. The molecular formula is C14H22N4O2. The Morgan fingerprint density at radius 2 is 2.20 bits per heavy atom. The third kappa shape index (κ3) is 2.91. The summed E-state index contributed by atoms with van der Waals surface area (Å²) >= 11 is 0. The fraction of sp³-hybridized carbons (Fsp3) is 0.571. The van der Waals surface area contributed by atoms with Gasteiger partial charge in [-0.1, -0.05) is 5.16 Å². The minimum Gasteiger partial charge on any atom is -0.383 e.